The van der Waals surface area contributed by atoms with Gasteiger partial charge in [0, 0.05) is 32.2 Å². The maximum atomic E-state index is 6.50. The molecule has 1 saturated heterocycles. The average molecular weight is 335 g/mol. The van der Waals surface area contributed by atoms with Gasteiger partial charge in [-0.25, -0.2) is 0 Å². The molecule has 0 amide bonds. The van der Waals surface area contributed by atoms with E-state index in [1.807, 2.05) is 0 Å². The standard InChI is InChI=1S/C20H31ClN2/c1-16-7-6-10-19(20(16)21)23-13-11-22(12-14-23)17(2)15-18-8-4-3-5-9-18/h6-7,10,17-18H,3-5,8-9,11-15H2,1-2H3. The van der Waals surface area contributed by atoms with Gasteiger partial charge in [-0.1, -0.05) is 55.8 Å². The molecule has 0 bridgehead atoms. The Kier molecular flexibility index (Phi) is 5.87. The van der Waals surface area contributed by atoms with Crippen molar-refractivity contribution in [2.75, 3.05) is 31.1 Å². The zero-order chi connectivity index (χ0) is 16.2. The lowest BCUT2D eigenvalue weighted by molar-refractivity contribution is 0.159. The third-order valence-electron chi connectivity index (χ3n) is 5.85. The third kappa shape index (κ3) is 4.22. The molecule has 1 aromatic carbocycles. The minimum absolute atomic E-state index is 0.730. The molecule has 23 heavy (non-hydrogen) atoms. The van der Waals surface area contributed by atoms with Crippen molar-refractivity contribution in [1.29, 1.82) is 0 Å². The average Bonchev–Trinajstić information content (AvgIpc) is 2.58. The van der Waals surface area contributed by atoms with Crippen molar-refractivity contribution in [3.63, 3.8) is 0 Å². The fourth-order valence-corrected chi connectivity index (χ4v) is 4.58. The van der Waals surface area contributed by atoms with Crippen LogP contribution in [0.5, 0.6) is 0 Å². The van der Waals surface area contributed by atoms with Gasteiger partial charge in [0.05, 0.1) is 10.7 Å². The number of hydrogen-bond donors (Lipinski definition) is 0. The predicted molar refractivity (Wildman–Crippen MR) is 101 cm³/mol. The van der Waals surface area contributed by atoms with Crippen LogP contribution in [0, 0.1) is 12.8 Å². The monoisotopic (exact) mass is 334 g/mol. The maximum Gasteiger partial charge on any atom is 0.0668 e. The zero-order valence-electron chi connectivity index (χ0n) is 14.7. The van der Waals surface area contributed by atoms with Gasteiger partial charge in [0.15, 0.2) is 0 Å². The largest absolute Gasteiger partial charge is 0.368 e. The van der Waals surface area contributed by atoms with Gasteiger partial charge in [-0.05, 0) is 37.8 Å². The Balaban J connectivity index is 1.52. The van der Waals surface area contributed by atoms with Crippen LogP contribution in [-0.2, 0) is 0 Å². The first-order valence-electron chi connectivity index (χ1n) is 9.39. The second kappa shape index (κ2) is 7.90. The number of rotatable bonds is 4. The van der Waals surface area contributed by atoms with Crippen LogP contribution in [0.1, 0.15) is 51.0 Å². The van der Waals surface area contributed by atoms with Crippen LogP contribution in [-0.4, -0.2) is 37.1 Å². The second-order valence-corrected chi connectivity index (χ2v) is 7.90. The molecular formula is C20H31ClN2. The highest BCUT2D eigenvalue weighted by Crippen LogP contribution is 2.31. The predicted octanol–water partition coefficient (Wildman–Crippen LogP) is 5.13. The summed E-state index contributed by atoms with van der Waals surface area (Å²) in [6.45, 7) is 9.05. The Bertz CT molecular complexity index is 502. The highest BCUT2D eigenvalue weighted by atomic mass is 35.5. The van der Waals surface area contributed by atoms with E-state index in [0.717, 1.165) is 43.2 Å². The van der Waals surface area contributed by atoms with E-state index in [-0.39, 0.29) is 0 Å². The zero-order valence-corrected chi connectivity index (χ0v) is 15.5. The van der Waals surface area contributed by atoms with Gasteiger partial charge in [-0.3, -0.25) is 4.90 Å². The van der Waals surface area contributed by atoms with E-state index in [1.165, 1.54) is 49.8 Å². The summed E-state index contributed by atoms with van der Waals surface area (Å²) in [4.78, 5) is 5.15. The molecule has 2 fully saturated rings. The second-order valence-electron chi connectivity index (χ2n) is 7.52. The minimum Gasteiger partial charge on any atom is -0.368 e. The van der Waals surface area contributed by atoms with E-state index in [0.29, 0.717) is 0 Å². The molecule has 3 rings (SSSR count). The Morgan fingerprint density at radius 1 is 1.09 bits per heavy atom. The number of nitrogens with zero attached hydrogens (tertiary/aromatic N) is 2. The molecule has 1 aliphatic carbocycles. The summed E-state index contributed by atoms with van der Waals surface area (Å²) in [5.74, 6) is 0.975. The Labute approximate surface area is 146 Å². The van der Waals surface area contributed by atoms with E-state index < -0.39 is 0 Å². The highest BCUT2D eigenvalue weighted by molar-refractivity contribution is 6.34. The summed E-state index contributed by atoms with van der Waals surface area (Å²) >= 11 is 6.50. The summed E-state index contributed by atoms with van der Waals surface area (Å²) in [6.07, 6.45) is 8.69. The van der Waals surface area contributed by atoms with Crippen molar-refractivity contribution in [3.8, 4) is 0 Å². The van der Waals surface area contributed by atoms with Crippen LogP contribution in [0.3, 0.4) is 0 Å². The van der Waals surface area contributed by atoms with Gasteiger partial charge in [-0.15, -0.1) is 0 Å². The first-order chi connectivity index (χ1) is 11.1. The molecule has 0 N–H and O–H groups in total. The van der Waals surface area contributed by atoms with Gasteiger partial charge >= 0.3 is 0 Å². The van der Waals surface area contributed by atoms with Crippen LogP contribution < -0.4 is 4.90 Å². The lowest BCUT2D eigenvalue weighted by Gasteiger charge is -2.40. The van der Waals surface area contributed by atoms with Gasteiger partial charge in [0.2, 0.25) is 0 Å². The van der Waals surface area contributed by atoms with E-state index in [2.05, 4.69) is 41.8 Å². The summed E-state index contributed by atoms with van der Waals surface area (Å²) in [6, 6.07) is 7.10. The lowest BCUT2D eigenvalue weighted by atomic mass is 9.85. The van der Waals surface area contributed by atoms with E-state index in [1.54, 1.807) is 0 Å². The smallest absolute Gasteiger partial charge is 0.0668 e. The highest BCUT2D eigenvalue weighted by Gasteiger charge is 2.25. The summed E-state index contributed by atoms with van der Waals surface area (Å²) in [5.41, 5.74) is 2.39. The van der Waals surface area contributed by atoms with Crippen LogP contribution in [0.2, 0.25) is 5.02 Å². The molecule has 2 nitrogen and oxygen atoms in total. The Morgan fingerprint density at radius 2 is 1.78 bits per heavy atom. The number of anilines is 1. The van der Waals surface area contributed by atoms with Crippen LogP contribution in [0.25, 0.3) is 0 Å². The van der Waals surface area contributed by atoms with Crippen molar-refractivity contribution in [3.05, 3.63) is 28.8 Å². The van der Waals surface area contributed by atoms with Gasteiger partial charge in [0.25, 0.3) is 0 Å². The van der Waals surface area contributed by atoms with Crippen LogP contribution >= 0.6 is 11.6 Å². The fraction of sp³-hybridized carbons (Fsp3) is 0.700. The minimum atomic E-state index is 0.730. The molecule has 1 heterocycles. The first kappa shape index (κ1) is 17.1. The molecule has 2 aliphatic rings. The molecule has 1 aromatic rings. The van der Waals surface area contributed by atoms with Gasteiger partial charge < -0.3 is 4.90 Å². The van der Waals surface area contributed by atoms with Crippen molar-refractivity contribution >= 4 is 17.3 Å². The van der Waals surface area contributed by atoms with Gasteiger partial charge in [0.1, 0.15) is 0 Å². The molecule has 1 unspecified atom stereocenters. The van der Waals surface area contributed by atoms with E-state index in [9.17, 15) is 0 Å². The molecule has 1 saturated carbocycles. The molecule has 1 aliphatic heterocycles. The Morgan fingerprint density at radius 3 is 2.48 bits per heavy atom. The normalized spacial score (nSPS) is 22.3. The number of benzene rings is 1. The number of aryl methyl sites for hydroxylation is 1. The van der Waals surface area contributed by atoms with Gasteiger partial charge in [-0.2, -0.15) is 0 Å². The van der Waals surface area contributed by atoms with E-state index in [4.69, 9.17) is 11.6 Å². The van der Waals surface area contributed by atoms with Crippen molar-refractivity contribution in [2.45, 2.75) is 58.4 Å². The number of hydrogen-bond acceptors (Lipinski definition) is 2. The lowest BCUT2D eigenvalue weighted by Crippen LogP contribution is -2.50. The topological polar surface area (TPSA) is 6.48 Å². The summed E-state index contributed by atoms with van der Waals surface area (Å²) < 4.78 is 0. The number of piperazine rings is 1. The fourth-order valence-electron chi connectivity index (χ4n) is 4.33. The van der Waals surface area contributed by atoms with Crippen molar-refractivity contribution < 1.29 is 0 Å². The SMILES string of the molecule is Cc1cccc(N2CCN(C(C)CC3CCCCC3)CC2)c1Cl. The quantitative estimate of drug-likeness (QED) is 0.753. The molecule has 0 spiro atoms. The van der Waals surface area contributed by atoms with Crippen LogP contribution in [0.15, 0.2) is 18.2 Å². The third-order valence-corrected chi connectivity index (χ3v) is 6.34. The summed E-state index contributed by atoms with van der Waals surface area (Å²) in [7, 11) is 0. The van der Waals surface area contributed by atoms with E-state index >= 15 is 0 Å². The first-order valence-corrected chi connectivity index (χ1v) is 9.77. The number of halogens is 1. The molecule has 1 atom stereocenters. The van der Waals surface area contributed by atoms with Crippen molar-refractivity contribution in [1.82, 2.24) is 4.90 Å². The summed E-state index contributed by atoms with van der Waals surface area (Å²) in [5, 5.41) is 0.927. The molecule has 0 radical (unpaired) electrons. The molecule has 3 heteroatoms. The van der Waals surface area contributed by atoms with Crippen molar-refractivity contribution in [2.24, 2.45) is 5.92 Å². The molecule has 128 valence electrons. The Hall–Kier alpha value is -0.730. The maximum absolute atomic E-state index is 6.50. The molecule has 0 aromatic heterocycles. The van der Waals surface area contributed by atoms with Crippen LogP contribution in [0.4, 0.5) is 5.69 Å². The molecular weight excluding hydrogens is 304 g/mol.